The van der Waals surface area contributed by atoms with Crippen LogP contribution in [0.1, 0.15) is 16.2 Å². The number of hydrogen-bond donors (Lipinski definition) is 2. The van der Waals surface area contributed by atoms with Crippen LogP contribution in [-0.2, 0) is 23.2 Å². The summed E-state index contributed by atoms with van der Waals surface area (Å²) in [7, 11) is -2.95. The van der Waals surface area contributed by atoms with Crippen LogP contribution in [-0.4, -0.2) is 34.3 Å². The number of aromatic nitrogens is 4. The van der Waals surface area contributed by atoms with E-state index >= 15 is 0 Å². The molecule has 0 radical (unpaired) electrons. The summed E-state index contributed by atoms with van der Waals surface area (Å²) in [5.74, 6) is -0.967. The van der Waals surface area contributed by atoms with Crippen molar-refractivity contribution in [1.29, 1.82) is 0 Å². The highest BCUT2D eigenvalue weighted by Gasteiger charge is 2.39. The molecule has 164 valence electrons. The lowest BCUT2D eigenvalue weighted by atomic mass is 10.3. The van der Waals surface area contributed by atoms with Crippen LogP contribution in [0.4, 0.5) is 24.7 Å². The minimum absolute atomic E-state index is 0.0535. The number of anilines is 2. The van der Waals surface area contributed by atoms with E-state index in [1.807, 2.05) is 0 Å². The molecule has 9 nitrogen and oxygen atoms in total. The predicted octanol–water partition coefficient (Wildman–Crippen LogP) is 3.70. The van der Waals surface area contributed by atoms with Crippen LogP contribution in [0.25, 0.3) is 0 Å². The number of aryl methyl sites for hydroxylation is 1. The Morgan fingerprint density at radius 3 is 2.29 bits per heavy atom. The number of halogens is 5. The summed E-state index contributed by atoms with van der Waals surface area (Å²) < 4.78 is 66.2. The van der Waals surface area contributed by atoms with Gasteiger partial charge in [-0.25, -0.2) is 8.42 Å². The van der Waals surface area contributed by atoms with E-state index in [4.69, 9.17) is 11.6 Å². The van der Waals surface area contributed by atoms with Gasteiger partial charge >= 0.3 is 6.18 Å². The lowest BCUT2D eigenvalue weighted by molar-refractivity contribution is -0.144. The fraction of sp³-hybridized carbons (Fsp3) is 0.125. The first-order chi connectivity index (χ1) is 14.4. The van der Waals surface area contributed by atoms with Gasteiger partial charge in [-0.15, -0.1) is 10.2 Å². The molecular formula is C16H11BrClF3N6O3S. The molecule has 1 amide bonds. The van der Waals surface area contributed by atoms with Crippen molar-refractivity contribution in [1.82, 2.24) is 20.0 Å². The highest BCUT2D eigenvalue weighted by molar-refractivity contribution is 9.10. The minimum Gasteiger partial charge on any atom is -0.321 e. The van der Waals surface area contributed by atoms with Gasteiger partial charge in [0.25, 0.3) is 15.9 Å². The number of nitrogens with zero attached hydrogens (tertiary/aromatic N) is 4. The molecule has 3 rings (SSSR count). The third kappa shape index (κ3) is 5.14. The smallest absolute Gasteiger partial charge is 0.321 e. The van der Waals surface area contributed by atoms with Crippen molar-refractivity contribution in [3.05, 3.63) is 57.4 Å². The molecule has 0 fully saturated rings. The van der Waals surface area contributed by atoms with Crippen molar-refractivity contribution in [2.75, 3.05) is 10.0 Å². The Morgan fingerprint density at radius 2 is 1.77 bits per heavy atom. The van der Waals surface area contributed by atoms with Gasteiger partial charge in [-0.3, -0.25) is 14.2 Å². The lowest BCUT2D eigenvalue weighted by Crippen LogP contribution is -2.15. The van der Waals surface area contributed by atoms with E-state index in [0.717, 1.165) is 7.05 Å². The second kappa shape index (κ2) is 8.43. The SMILES string of the molecule is Cn1nc(C(=O)Nc2ccc(S(=O)(=O)Nc3ccc(Cl)nn3)cc2)c(Br)c1C(F)(F)F. The van der Waals surface area contributed by atoms with Crippen molar-refractivity contribution in [2.45, 2.75) is 11.1 Å². The molecule has 15 heteroatoms. The summed E-state index contributed by atoms with van der Waals surface area (Å²) in [4.78, 5) is 12.2. The maximum Gasteiger partial charge on any atom is 0.434 e. The average Bonchev–Trinajstić information content (AvgIpc) is 2.98. The second-order valence-electron chi connectivity index (χ2n) is 5.96. The summed E-state index contributed by atoms with van der Waals surface area (Å²) in [5, 5.41) is 13.2. The number of alkyl halides is 3. The van der Waals surface area contributed by atoms with E-state index in [9.17, 15) is 26.4 Å². The molecule has 0 aliphatic heterocycles. The first-order valence-electron chi connectivity index (χ1n) is 8.11. The monoisotopic (exact) mass is 538 g/mol. The van der Waals surface area contributed by atoms with Gasteiger partial charge in [0, 0.05) is 12.7 Å². The molecule has 0 atom stereocenters. The summed E-state index contributed by atoms with van der Waals surface area (Å²) in [6, 6.07) is 7.58. The standard InChI is InChI=1S/C16H11BrClF3N6O3S/c1-27-14(16(19,20)21)12(17)13(25-27)15(28)22-8-2-4-9(5-3-8)31(29,30)26-11-7-6-10(18)23-24-11/h2-7H,1H3,(H,22,28)(H,24,26). The number of sulfonamides is 1. The molecule has 0 aliphatic carbocycles. The van der Waals surface area contributed by atoms with E-state index in [1.165, 1.54) is 36.4 Å². The van der Waals surface area contributed by atoms with E-state index in [0.29, 0.717) is 4.68 Å². The van der Waals surface area contributed by atoms with Gasteiger partial charge in [0.05, 0.1) is 9.37 Å². The second-order valence-corrected chi connectivity index (χ2v) is 8.82. The Morgan fingerprint density at radius 1 is 1.13 bits per heavy atom. The van der Waals surface area contributed by atoms with E-state index in [2.05, 4.69) is 41.3 Å². The van der Waals surface area contributed by atoms with Crippen molar-refractivity contribution in [3.63, 3.8) is 0 Å². The molecular weight excluding hydrogens is 529 g/mol. The van der Waals surface area contributed by atoms with Gasteiger partial charge in [-0.1, -0.05) is 11.6 Å². The van der Waals surface area contributed by atoms with Crippen LogP contribution in [0.5, 0.6) is 0 Å². The highest BCUT2D eigenvalue weighted by Crippen LogP contribution is 2.36. The largest absolute Gasteiger partial charge is 0.434 e. The maximum atomic E-state index is 13.0. The maximum absolute atomic E-state index is 13.0. The molecule has 1 aromatic carbocycles. The number of amides is 1. The number of rotatable bonds is 5. The zero-order valence-corrected chi connectivity index (χ0v) is 18.4. The van der Waals surface area contributed by atoms with Crippen LogP contribution in [0.3, 0.4) is 0 Å². The Labute approximate surface area is 186 Å². The fourth-order valence-electron chi connectivity index (χ4n) is 2.43. The molecule has 0 saturated carbocycles. The van der Waals surface area contributed by atoms with Crippen LogP contribution in [0.2, 0.25) is 5.15 Å². The fourth-order valence-corrected chi connectivity index (χ4v) is 4.26. The number of carbonyl (C=O) groups excluding carboxylic acids is 1. The molecule has 2 N–H and O–H groups in total. The molecule has 0 bridgehead atoms. The molecule has 0 spiro atoms. The molecule has 0 saturated heterocycles. The van der Waals surface area contributed by atoms with Crippen molar-refractivity contribution in [2.24, 2.45) is 7.05 Å². The van der Waals surface area contributed by atoms with Gasteiger partial charge in [0.1, 0.15) is 0 Å². The summed E-state index contributed by atoms with van der Waals surface area (Å²) in [6.07, 6.45) is -4.71. The van der Waals surface area contributed by atoms with Gasteiger partial charge < -0.3 is 5.32 Å². The zero-order chi connectivity index (χ0) is 23.0. The first-order valence-corrected chi connectivity index (χ1v) is 10.8. The van der Waals surface area contributed by atoms with Gasteiger partial charge in [0.2, 0.25) is 0 Å². The topological polar surface area (TPSA) is 119 Å². The van der Waals surface area contributed by atoms with Crippen LogP contribution < -0.4 is 10.0 Å². The average molecular weight is 540 g/mol. The molecule has 3 aromatic rings. The number of hydrogen-bond acceptors (Lipinski definition) is 6. The number of nitrogens with one attached hydrogen (secondary N) is 2. The number of benzene rings is 1. The molecule has 2 heterocycles. The third-order valence-corrected chi connectivity index (χ3v) is 6.09. The Bertz CT molecular complexity index is 1230. The Balaban J connectivity index is 1.76. The highest BCUT2D eigenvalue weighted by atomic mass is 79.9. The third-order valence-electron chi connectivity index (χ3n) is 3.77. The Kier molecular flexibility index (Phi) is 6.25. The van der Waals surface area contributed by atoms with E-state index in [1.54, 1.807) is 0 Å². The predicted molar refractivity (Wildman–Crippen MR) is 108 cm³/mol. The zero-order valence-electron chi connectivity index (χ0n) is 15.3. The molecule has 0 aliphatic rings. The van der Waals surface area contributed by atoms with Crippen LogP contribution in [0.15, 0.2) is 45.8 Å². The quantitative estimate of drug-likeness (QED) is 0.510. The van der Waals surface area contributed by atoms with Gasteiger partial charge in [-0.05, 0) is 52.3 Å². The molecule has 0 unspecified atom stereocenters. The summed E-state index contributed by atoms with van der Waals surface area (Å²) in [5.41, 5.74) is -1.45. The minimum atomic E-state index is -4.71. The summed E-state index contributed by atoms with van der Waals surface area (Å²) in [6.45, 7) is 0. The van der Waals surface area contributed by atoms with Crippen LogP contribution in [0, 0.1) is 0 Å². The number of carbonyl (C=O) groups is 1. The van der Waals surface area contributed by atoms with E-state index < -0.39 is 38.0 Å². The van der Waals surface area contributed by atoms with Gasteiger partial charge in [0.15, 0.2) is 22.4 Å². The normalized spacial score (nSPS) is 11.9. The first kappa shape index (κ1) is 23.0. The van der Waals surface area contributed by atoms with Crippen molar-refractivity contribution in [3.8, 4) is 0 Å². The molecule has 31 heavy (non-hydrogen) atoms. The van der Waals surface area contributed by atoms with Crippen LogP contribution >= 0.6 is 27.5 Å². The van der Waals surface area contributed by atoms with E-state index in [-0.39, 0.29) is 21.6 Å². The summed E-state index contributed by atoms with van der Waals surface area (Å²) >= 11 is 8.35. The van der Waals surface area contributed by atoms with Gasteiger partial charge in [-0.2, -0.15) is 18.3 Å². The van der Waals surface area contributed by atoms with Crippen molar-refractivity contribution >= 4 is 55.0 Å². The van der Waals surface area contributed by atoms with Crippen molar-refractivity contribution < 1.29 is 26.4 Å². The Hall–Kier alpha value is -2.71. The molecule has 2 aromatic heterocycles. The lowest BCUT2D eigenvalue weighted by Gasteiger charge is -2.08.